The molecular weight excluding hydrogens is 378 g/mol. The Hall–Kier alpha value is -2.86. The van der Waals surface area contributed by atoms with Gasteiger partial charge in [-0.1, -0.05) is 12.1 Å². The highest BCUT2D eigenvalue weighted by Gasteiger charge is 2.25. The fourth-order valence-electron chi connectivity index (χ4n) is 3.79. The van der Waals surface area contributed by atoms with Crippen molar-refractivity contribution in [2.45, 2.75) is 25.3 Å². The van der Waals surface area contributed by atoms with Gasteiger partial charge in [-0.2, -0.15) is 0 Å². The molecule has 0 spiro atoms. The molecule has 1 aromatic heterocycles. The van der Waals surface area contributed by atoms with E-state index in [1.54, 1.807) is 32.7 Å². The Labute approximate surface area is 179 Å². The van der Waals surface area contributed by atoms with Crippen LogP contribution in [0.15, 0.2) is 48.8 Å². The van der Waals surface area contributed by atoms with E-state index in [-0.39, 0.29) is 5.91 Å². The van der Waals surface area contributed by atoms with Gasteiger partial charge >= 0.3 is 0 Å². The van der Waals surface area contributed by atoms with Crippen LogP contribution in [0.2, 0.25) is 0 Å². The van der Waals surface area contributed by atoms with Crippen molar-refractivity contribution in [1.82, 2.24) is 14.8 Å². The molecule has 30 heavy (non-hydrogen) atoms. The van der Waals surface area contributed by atoms with Crippen molar-refractivity contribution >= 4 is 12.0 Å². The number of piperidine rings is 1. The summed E-state index contributed by atoms with van der Waals surface area (Å²) in [5.41, 5.74) is 2.15. The van der Waals surface area contributed by atoms with Crippen molar-refractivity contribution in [3.63, 3.8) is 0 Å². The largest absolute Gasteiger partial charge is 0.493 e. The summed E-state index contributed by atoms with van der Waals surface area (Å²) in [6.07, 6.45) is 10.0. The number of hydrogen-bond donors (Lipinski definition) is 0. The van der Waals surface area contributed by atoms with E-state index in [1.165, 1.54) is 5.56 Å². The summed E-state index contributed by atoms with van der Waals surface area (Å²) in [7, 11) is 5.45. The maximum Gasteiger partial charge on any atom is 0.246 e. The monoisotopic (exact) mass is 409 g/mol. The first-order valence-electron chi connectivity index (χ1n) is 10.4. The number of pyridine rings is 1. The molecule has 0 bridgehead atoms. The van der Waals surface area contributed by atoms with Crippen molar-refractivity contribution in [2.24, 2.45) is 0 Å². The molecule has 0 radical (unpaired) electrons. The topological polar surface area (TPSA) is 54.9 Å². The van der Waals surface area contributed by atoms with Gasteiger partial charge in [-0.3, -0.25) is 9.78 Å². The molecule has 0 aliphatic carbocycles. The Balaban J connectivity index is 1.53. The molecule has 160 valence electrons. The second-order valence-electron chi connectivity index (χ2n) is 7.62. The van der Waals surface area contributed by atoms with E-state index in [0.717, 1.165) is 56.0 Å². The lowest BCUT2D eigenvalue weighted by Gasteiger charge is -2.37. The highest BCUT2D eigenvalue weighted by Crippen LogP contribution is 2.28. The third-order valence-electron chi connectivity index (χ3n) is 5.64. The lowest BCUT2D eigenvalue weighted by atomic mass is 10.0. The molecule has 3 rings (SSSR count). The molecule has 2 aromatic rings. The van der Waals surface area contributed by atoms with Crippen molar-refractivity contribution in [2.75, 3.05) is 40.9 Å². The maximum atomic E-state index is 12.6. The molecule has 1 fully saturated rings. The molecule has 6 nitrogen and oxygen atoms in total. The number of nitrogens with zero attached hydrogens (tertiary/aromatic N) is 3. The van der Waals surface area contributed by atoms with E-state index in [4.69, 9.17) is 9.47 Å². The molecule has 0 N–H and O–H groups in total. The second kappa shape index (κ2) is 10.8. The van der Waals surface area contributed by atoms with Crippen LogP contribution in [0, 0.1) is 0 Å². The van der Waals surface area contributed by atoms with E-state index in [2.05, 4.69) is 23.0 Å². The maximum absolute atomic E-state index is 12.6. The van der Waals surface area contributed by atoms with Gasteiger partial charge in [-0.05, 0) is 61.7 Å². The highest BCUT2D eigenvalue weighted by molar-refractivity contribution is 5.91. The predicted molar refractivity (Wildman–Crippen MR) is 119 cm³/mol. The number of rotatable bonds is 8. The van der Waals surface area contributed by atoms with Crippen LogP contribution in [-0.4, -0.2) is 67.6 Å². The fraction of sp³-hybridized carbons (Fsp3) is 0.417. The number of ether oxygens (including phenoxy) is 2. The summed E-state index contributed by atoms with van der Waals surface area (Å²) < 4.78 is 10.7. The van der Waals surface area contributed by atoms with Gasteiger partial charge in [0.05, 0.1) is 14.2 Å². The molecule has 2 heterocycles. The van der Waals surface area contributed by atoms with Crippen LogP contribution in [0.5, 0.6) is 11.5 Å². The average molecular weight is 410 g/mol. The number of aromatic nitrogens is 1. The van der Waals surface area contributed by atoms with Crippen molar-refractivity contribution < 1.29 is 14.3 Å². The van der Waals surface area contributed by atoms with Crippen LogP contribution in [0.25, 0.3) is 6.08 Å². The molecule has 1 aliphatic rings. The first-order valence-corrected chi connectivity index (χ1v) is 10.4. The SMILES string of the molecule is COc1ccc(CCN(C)[C@H]2CCCN(C(=O)/C=C/c3cccnc3)C2)cc1OC. The molecule has 1 atom stereocenters. The molecule has 0 saturated carbocycles. The third-order valence-corrected chi connectivity index (χ3v) is 5.64. The van der Waals surface area contributed by atoms with Crippen molar-refractivity contribution in [3.8, 4) is 11.5 Å². The van der Waals surface area contributed by atoms with Crippen LogP contribution in [-0.2, 0) is 11.2 Å². The molecular formula is C24H31N3O3. The zero-order chi connectivity index (χ0) is 21.3. The minimum Gasteiger partial charge on any atom is -0.493 e. The van der Waals surface area contributed by atoms with Gasteiger partial charge < -0.3 is 19.3 Å². The number of carbonyl (C=O) groups excluding carboxylic acids is 1. The number of benzene rings is 1. The van der Waals surface area contributed by atoms with Crippen molar-refractivity contribution in [1.29, 1.82) is 0 Å². The van der Waals surface area contributed by atoms with E-state index in [9.17, 15) is 4.79 Å². The Morgan fingerprint density at radius 2 is 2.10 bits per heavy atom. The van der Waals surface area contributed by atoms with Gasteiger partial charge in [0.1, 0.15) is 0 Å². The van der Waals surface area contributed by atoms with Gasteiger partial charge in [0, 0.05) is 44.1 Å². The summed E-state index contributed by atoms with van der Waals surface area (Å²) >= 11 is 0. The smallest absolute Gasteiger partial charge is 0.246 e. The first-order chi connectivity index (χ1) is 14.6. The lowest BCUT2D eigenvalue weighted by molar-refractivity contribution is -0.127. The van der Waals surface area contributed by atoms with E-state index in [0.29, 0.717) is 6.04 Å². The van der Waals surface area contributed by atoms with E-state index < -0.39 is 0 Å². The molecule has 0 unspecified atom stereocenters. The second-order valence-corrected chi connectivity index (χ2v) is 7.62. The van der Waals surface area contributed by atoms with Crippen LogP contribution in [0.4, 0.5) is 0 Å². The fourth-order valence-corrected chi connectivity index (χ4v) is 3.79. The molecule has 6 heteroatoms. The van der Waals surface area contributed by atoms with Gasteiger partial charge in [0.25, 0.3) is 0 Å². The number of likely N-dealkylation sites (N-methyl/N-ethyl adjacent to an activating group) is 1. The van der Waals surface area contributed by atoms with Gasteiger partial charge in [0.2, 0.25) is 5.91 Å². The van der Waals surface area contributed by atoms with Crippen LogP contribution in [0.3, 0.4) is 0 Å². The number of methoxy groups -OCH3 is 2. The number of hydrogen-bond acceptors (Lipinski definition) is 5. The third kappa shape index (κ3) is 5.83. The predicted octanol–water partition coefficient (Wildman–Crippen LogP) is 3.28. The van der Waals surface area contributed by atoms with Crippen LogP contribution >= 0.6 is 0 Å². The summed E-state index contributed by atoms with van der Waals surface area (Å²) in [5, 5.41) is 0. The van der Waals surface area contributed by atoms with Crippen molar-refractivity contribution in [3.05, 3.63) is 59.9 Å². The summed E-state index contributed by atoms with van der Waals surface area (Å²) in [5.74, 6) is 1.57. The quantitative estimate of drug-likeness (QED) is 0.627. The molecule has 1 saturated heterocycles. The summed E-state index contributed by atoms with van der Waals surface area (Å²) in [6.45, 7) is 2.50. The van der Waals surface area contributed by atoms with Gasteiger partial charge in [-0.25, -0.2) is 0 Å². The molecule has 1 aliphatic heterocycles. The Bertz CT molecular complexity index is 854. The zero-order valence-electron chi connectivity index (χ0n) is 18.1. The van der Waals surface area contributed by atoms with Gasteiger partial charge in [-0.15, -0.1) is 0 Å². The Kier molecular flexibility index (Phi) is 7.85. The molecule has 1 aromatic carbocycles. The Morgan fingerprint density at radius 1 is 1.27 bits per heavy atom. The number of likely N-dealkylation sites (tertiary alicyclic amines) is 1. The Morgan fingerprint density at radius 3 is 2.83 bits per heavy atom. The minimum absolute atomic E-state index is 0.0665. The highest BCUT2D eigenvalue weighted by atomic mass is 16.5. The normalized spacial score (nSPS) is 16.8. The molecule has 1 amide bonds. The average Bonchev–Trinajstić information content (AvgIpc) is 2.81. The first kappa shape index (κ1) is 21.8. The minimum atomic E-state index is 0.0665. The van der Waals surface area contributed by atoms with E-state index in [1.807, 2.05) is 35.2 Å². The van der Waals surface area contributed by atoms with E-state index >= 15 is 0 Å². The number of carbonyl (C=O) groups is 1. The van der Waals surface area contributed by atoms with Gasteiger partial charge in [0.15, 0.2) is 11.5 Å². The summed E-state index contributed by atoms with van der Waals surface area (Å²) in [4.78, 5) is 21.0. The lowest BCUT2D eigenvalue weighted by Crippen LogP contribution is -2.48. The summed E-state index contributed by atoms with van der Waals surface area (Å²) in [6, 6.07) is 10.2. The van der Waals surface area contributed by atoms with Crippen LogP contribution in [0.1, 0.15) is 24.0 Å². The number of amides is 1. The zero-order valence-corrected chi connectivity index (χ0v) is 18.1. The van der Waals surface area contributed by atoms with Crippen LogP contribution < -0.4 is 9.47 Å². The standard InChI is InChI=1S/C24H31N3O3/c1-26(15-12-19-8-10-22(29-2)23(16-19)30-3)21-7-5-14-27(18-21)24(28)11-9-20-6-4-13-25-17-20/h4,6,8-11,13,16-17,21H,5,7,12,14-15,18H2,1-3H3/b11-9+/t21-/m0/s1.